The first-order chi connectivity index (χ1) is 7.47. The molecule has 2 atom stereocenters. The molecular formula is C13H21NO2. The van der Waals surface area contributed by atoms with Gasteiger partial charge in [-0.2, -0.15) is 0 Å². The predicted octanol–water partition coefficient (Wildman–Crippen LogP) is 2.02. The molecule has 0 heterocycles. The van der Waals surface area contributed by atoms with E-state index in [0.717, 1.165) is 16.9 Å². The molecule has 0 spiro atoms. The van der Waals surface area contributed by atoms with E-state index in [1.165, 1.54) is 0 Å². The molecule has 3 nitrogen and oxygen atoms in total. The van der Waals surface area contributed by atoms with Crippen LogP contribution in [-0.4, -0.2) is 18.3 Å². The van der Waals surface area contributed by atoms with E-state index in [1.54, 1.807) is 7.11 Å². The van der Waals surface area contributed by atoms with Crippen LogP contribution in [0.25, 0.3) is 0 Å². The van der Waals surface area contributed by atoms with Crippen molar-refractivity contribution in [3.63, 3.8) is 0 Å². The summed E-state index contributed by atoms with van der Waals surface area (Å²) in [6.45, 7) is 5.90. The summed E-state index contributed by atoms with van der Waals surface area (Å²) in [7, 11) is 1.64. The second-order valence-corrected chi connectivity index (χ2v) is 4.48. The fourth-order valence-electron chi connectivity index (χ4n) is 1.75. The van der Waals surface area contributed by atoms with Gasteiger partial charge in [-0.15, -0.1) is 0 Å². The van der Waals surface area contributed by atoms with Crippen molar-refractivity contribution in [2.45, 2.75) is 32.9 Å². The standard InChI is InChI=1S/C13H21NO2/c1-8(2)13(15)12(14)11-6-5-10(16-4)7-9(11)3/h5-8,12-13,15H,14H2,1-4H3/t12-,13+/m1/s1. The lowest BCUT2D eigenvalue weighted by atomic mass is 9.92. The highest BCUT2D eigenvalue weighted by molar-refractivity contribution is 5.37. The molecule has 0 amide bonds. The summed E-state index contributed by atoms with van der Waals surface area (Å²) in [6, 6.07) is 5.38. The molecule has 0 aliphatic carbocycles. The van der Waals surface area contributed by atoms with Crippen molar-refractivity contribution in [3.8, 4) is 5.75 Å². The summed E-state index contributed by atoms with van der Waals surface area (Å²) in [5, 5.41) is 9.94. The summed E-state index contributed by atoms with van der Waals surface area (Å²) in [4.78, 5) is 0. The quantitative estimate of drug-likeness (QED) is 0.821. The first-order valence-electron chi connectivity index (χ1n) is 5.55. The summed E-state index contributed by atoms with van der Waals surface area (Å²) < 4.78 is 5.13. The largest absolute Gasteiger partial charge is 0.497 e. The van der Waals surface area contributed by atoms with Gasteiger partial charge in [-0.25, -0.2) is 0 Å². The monoisotopic (exact) mass is 223 g/mol. The Bertz CT molecular complexity index is 350. The van der Waals surface area contributed by atoms with Gasteiger partial charge in [-0.05, 0) is 36.1 Å². The van der Waals surface area contributed by atoms with Crippen LogP contribution in [0.4, 0.5) is 0 Å². The highest BCUT2D eigenvalue weighted by Crippen LogP contribution is 2.25. The van der Waals surface area contributed by atoms with Gasteiger partial charge in [0, 0.05) is 0 Å². The third-order valence-electron chi connectivity index (χ3n) is 2.89. The molecule has 0 unspecified atom stereocenters. The number of hydrogen-bond donors (Lipinski definition) is 2. The van der Waals surface area contributed by atoms with Crippen molar-refractivity contribution < 1.29 is 9.84 Å². The lowest BCUT2D eigenvalue weighted by Crippen LogP contribution is -2.31. The zero-order chi connectivity index (χ0) is 12.3. The van der Waals surface area contributed by atoms with E-state index in [0.29, 0.717) is 0 Å². The Morgan fingerprint density at radius 1 is 1.31 bits per heavy atom. The van der Waals surface area contributed by atoms with E-state index in [9.17, 15) is 5.11 Å². The number of ether oxygens (including phenoxy) is 1. The minimum atomic E-state index is -0.521. The smallest absolute Gasteiger partial charge is 0.119 e. The van der Waals surface area contributed by atoms with E-state index in [2.05, 4.69) is 0 Å². The number of methoxy groups -OCH3 is 1. The minimum Gasteiger partial charge on any atom is -0.497 e. The Balaban J connectivity index is 2.96. The molecule has 0 saturated heterocycles. The van der Waals surface area contributed by atoms with Crippen molar-refractivity contribution in [3.05, 3.63) is 29.3 Å². The van der Waals surface area contributed by atoms with Gasteiger partial charge < -0.3 is 15.6 Å². The Labute approximate surface area is 97.2 Å². The van der Waals surface area contributed by atoms with Crippen LogP contribution in [0.3, 0.4) is 0 Å². The van der Waals surface area contributed by atoms with Crippen molar-refractivity contribution in [2.24, 2.45) is 11.7 Å². The summed E-state index contributed by atoms with van der Waals surface area (Å²) in [5.41, 5.74) is 8.06. The molecule has 0 saturated carbocycles. The third-order valence-corrected chi connectivity index (χ3v) is 2.89. The molecule has 1 aromatic rings. The van der Waals surface area contributed by atoms with Crippen LogP contribution in [0.1, 0.15) is 31.0 Å². The van der Waals surface area contributed by atoms with Gasteiger partial charge in [0.2, 0.25) is 0 Å². The van der Waals surface area contributed by atoms with Crippen LogP contribution >= 0.6 is 0 Å². The summed E-state index contributed by atoms with van der Waals surface area (Å²) in [5.74, 6) is 0.962. The molecular weight excluding hydrogens is 202 g/mol. The maximum Gasteiger partial charge on any atom is 0.119 e. The van der Waals surface area contributed by atoms with Crippen LogP contribution in [0.2, 0.25) is 0 Å². The minimum absolute atomic E-state index is 0.150. The van der Waals surface area contributed by atoms with E-state index < -0.39 is 6.10 Å². The van der Waals surface area contributed by atoms with Crippen molar-refractivity contribution in [2.75, 3.05) is 7.11 Å². The number of hydrogen-bond acceptors (Lipinski definition) is 3. The van der Waals surface area contributed by atoms with Gasteiger partial charge in [0.05, 0.1) is 19.3 Å². The molecule has 0 bridgehead atoms. The fraction of sp³-hybridized carbons (Fsp3) is 0.538. The molecule has 0 aromatic heterocycles. The van der Waals surface area contributed by atoms with Gasteiger partial charge in [-0.3, -0.25) is 0 Å². The maximum absolute atomic E-state index is 9.94. The predicted molar refractivity (Wildman–Crippen MR) is 65.5 cm³/mol. The molecule has 1 rings (SSSR count). The number of aliphatic hydroxyl groups excluding tert-OH is 1. The Morgan fingerprint density at radius 3 is 2.38 bits per heavy atom. The Morgan fingerprint density at radius 2 is 1.94 bits per heavy atom. The highest BCUT2D eigenvalue weighted by Gasteiger charge is 2.21. The van der Waals surface area contributed by atoms with E-state index in [-0.39, 0.29) is 12.0 Å². The van der Waals surface area contributed by atoms with E-state index >= 15 is 0 Å². The number of rotatable bonds is 4. The lowest BCUT2D eigenvalue weighted by Gasteiger charge is -2.24. The summed E-state index contributed by atoms with van der Waals surface area (Å²) in [6.07, 6.45) is -0.521. The first kappa shape index (κ1) is 13.0. The molecule has 3 N–H and O–H groups in total. The van der Waals surface area contributed by atoms with Gasteiger partial charge in [0.1, 0.15) is 5.75 Å². The van der Waals surface area contributed by atoms with Crippen LogP contribution in [-0.2, 0) is 0 Å². The van der Waals surface area contributed by atoms with Crippen molar-refractivity contribution in [1.29, 1.82) is 0 Å². The molecule has 0 radical (unpaired) electrons. The van der Waals surface area contributed by atoms with E-state index in [4.69, 9.17) is 10.5 Å². The average Bonchev–Trinajstić information content (AvgIpc) is 2.26. The fourth-order valence-corrected chi connectivity index (χ4v) is 1.75. The van der Waals surface area contributed by atoms with Crippen LogP contribution in [0.15, 0.2) is 18.2 Å². The van der Waals surface area contributed by atoms with Crippen LogP contribution < -0.4 is 10.5 Å². The summed E-state index contributed by atoms with van der Waals surface area (Å²) >= 11 is 0. The molecule has 1 aromatic carbocycles. The second-order valence-electron chi connectivity index (χ2n) is 4.48. The third kappa shape index (κ3) is 2.74. The van der Waals surface area contributed by atoms with Crippen molar-refractivity contribution in [1.82, 2.24) is 0 Å². The normalized spacial score (nSPS) is 14.9. The molecule has 16 heavy (non-hydrogen) atoms. The molecule has 3 heteroatoms. The molecule has 0 aliphatic heterocycles. The zero-order valence-electron chi connectivity index (χ0n) is 10.4. The number of benzene rings is 1. The second kappa shape index (κ2) is 5.32. The number of aliphatic hydroxyl groups is 1. The van der Waals surface area contributed by atoms with E-state index in [1.807, 2.05) is 39.0 Å². The molecule has 90 valence electrons. The maximum atomic E-state index is 9.94. The van der Waals surface area contributed by atoms with Gasteiger partial charge in [-0.1, -0.05) is 19.9 Å². The highest BCUT2D eigenvalue weighted by atomic mass is 16.5. The zero-order valence-corrected chi connectivity index (χ0v) is 10.4. The molecule has 0 aliphatic rings. The van der Waals surface area contributed by atoms with Gasteiger partial charge in [0.15, 0.2) is 0 Å². The van der Waals surface area contributed by atoms with Gasteiger partial charge in [0.25, 0.3) is 0 Å². The average molecular weight is 223 g/mol. The Hall–Kier alpha value is -1.06. The Kier molecular flexibility index (Phi) is 4.33. The van der Waals surface area contributed by atoms with Crippen LogP contribution in [0, 0.1) is 12.8 Å². The van der Waals surface area contributed by atoms with Crippen molar-refractivity contribution >= 4 is 0 Å². The first-order valence-corrected chi connectivity index (χ1v) is 5.55. The SMILES string of the molecule is COc1ccc([C@@H](N)[C@@H](O)C(C)C)c(C)c1. The topological polar surface area (TPSA) is 55.5 Å². The number of nitrogens with two attached hydrogens (primary N) is 1. The molecule has 0 fully saturated rings. The number of aryl methyl sites for hydroxylation is 1. The lowest BCUT2D eigenvalue weighted by molar-refractivity contribution is 0.0977. The van der Waals surface area contributed by atoms with Gasteiger partial charge >= 0.3 is 0 Å². The van der Waals surface area contributed by atoms with Crippen LogP contribution in [0.5, 0.6) is 5.75 Å².